The van der Waals surface area contributed by atoms with Gasteiger partial charge in [0.2, 0.25) is 0 Å². The maximum atomic E-state index is 12.9. The normalized spacial score (nSPS) is 16.5. The van der Waals surface area contributed by atoms with Crippen LogP contribution in [-0.4, -0.2) is 54.3 Å². The number of halogens is 1. The number of nitrogens with zero attached hydrogens (tertiary/aromatic N) is 4. The molecule has 1 aliphatic heterocycles. The number of piperazine rings is 1. The van der Waals surface area contributed by atoms with Gasteiger partial charge in [-0.15, -0.1) is 5.10 Å². The number of carbonyl (C=O) groups is 1. The summed E-state index contributed by atoms with van der Waals surface area (Å²) in [7, 11) is 1.61. The summed E-state index contributed by atoms with van der Waals surface area (Å²) in [4.78, 5) is 17.0. The second-order valence-corrected chi connectivity index (χ2v) is 7.51. The number of anilines is 1. The van der Waals surface area contributed by atoms with Crippen LogP contribution in [0.1, 0.15) is 28.0 Å². The number of rotatable bonds is 3. The summed E-state index contributed by atoms with van der Waals surface area (Å²) in [6, 6.07) is 7.64. The van der Waals surface area contributed by atoms with E-state index in [1.54, 1.807) is 13.2 Å². The minimum absolute atomic E-state index is 0.0236. The van der Waals surface area contributed by atoms with E-state index in [0.717, 1.165) is 41.9 Å². The van der Waals surface area contributed by atoms with Gasteiger partial charge in [0.05, 0.1) is 18.4 Å². The Morgan fingerprint density at radius 2 is 1.92 bits per heavy atom. The monoisotopic (exact) mass is 416 g/mol. The lowest BCUT2D eigenvalue weighted by molar-refractivity contribution is 0.0745. The maximum absolute atomic E-state index is 12.9. The molecule has 26 heavy (non-hydrogen) atoms. The lowest BCUT2D eigenvalue weighted by atomic mass is 10.1. The molecule has 4 rings (SSSR count). The minimum Gasteiger partial charge on any atom is -0.497 e. The third kappa shape index (κ3) is 3.28. The van der Waals surface area contributed by atoms with Crippen molar-refractivity contribution < 1.29 is 9.53 Å². The molecule has 0 atom stereocenters. The number of fused-ring (bicyclic) bond motifs is 1. The number of aromatic nitrogens is 2. The summed E-state index contributed by atoms with van der Waals surface area (Å²) < 4.78 is 6.03. The van der Waals surface area contributed by atoms with Gasteiger partial charge in [0.25, 0.3) is 5.91 Å². The summed E-state index contributed by atoms with van der Waals surface area (Å²) in [6.45, 7) is 2.87. The number of ether oxygens (including phenoxy) is 1. The molecule has 1 amide bonds. The van der Waals surface area contributed by atoms with Crippen LogP contribution in [0.2, 0.25) is 0 Å². The lowest BCUT2D eigenvalue weighted by Crippen LogP contribution is -2.49. The third-order valence-electron chi connectivity index (χ3n) is 5.10. The zero-order valence-electron chi connectivity index (χ0n) is 14.7. The Labute approximate surface area is 161 Å². The van der Waals surface area contributed by atoms with Gasteiger partial charge in [-0.1, -0.05) is 0 Å². The van der Waals surface area contributed by atoms with Crippen LogP contribution in [0.25, 0.3) is 0 Å². The summed E-state index contributed by atoms with van der Waals surface area (Å²) in [5.41, 5.74) is 3.11. The number of methoxy groups -OCH3 is 1. The number of hydrogen-bond acceptors (Lipinski definition) is 5. The predicted molar refractivity (Wildman–Crippen MR) is 103 cm³/mol. The van der Waals surface area contributed by atoms with Crippen molar-refractivity contribution >= 4 is 27.7 Å². The molecule has 6 nitrogen and oxygen atoms in total. The first kappa shape index (κ1) is 17.3. The fraction of sp³-hybridized carbons (Fsp3) is 0.421. The van der Waals surface area contributed by atoms with E-state index in [4.69, 9.17) is 4.74 Å². The van der Waals surface area contributed by atoms with Crippen molar-refractivity contribution in [1.29, 1.82) is 0 Å². The average molecular weight is 417 g/mol. The van der Waals surface area contributed by atoms with Crippen LogP contribution in [0, 0.1) is 0 Å². The van der Waals surface area contributed by atoms with Crippen LogP contribution < -0.4 is 9.64 Å². The highest BCUT2D eigenvalue weighted by Gasteiger charge is 2.25. The lowest BCUT2D eigenvalue weighted by Gasteiger charge is -2.35. The third-order valence-corrected chi connectivity index (χ3v) is 5.79. The van der Waals surface area contributed by atoms with E-state index < -0.39 is 0 Å². The first-order valence-electron chi connectivity index (χ1n) is 8.89. The van der Waals surface area contributed by atoms with Crippen molar-refractivity contribution in [2.24, 2.45) is 0 Å². The Morgan fingerprint density at radius 3 is 2.69 bits per heavy atom. The van der Waals surface area contributed by atoms with Gasteiger partial charge in [0.15, 0.2) is 5.82 Å². The Morgan fingerprint density at radius 1 is 1.12 bits per heavy atom. The van der Waals surface area contributed by atoms with Crippen LogP contribution >= 0.6 is 15.9 Å². The number of benzene rings is 1. The quantitative estimate of drug-likeness (QED) is 0.769. The summed E-state index contributed by atoms with van der Waals surface area (Å²) in [5.74, 6) is 1.64. The molecule has 0 radical (unpaired) electrons. The van der Waals surface area contributed by atoms with E-state index in [1.165, 1.54) is 12.0 Å². The molecule has 1 aliphatic carbocycles. The zero-order chi connectivity index (χ0) is 18.1. The van der Waals surface area contributed by atoms with Crippen LogP contribution in [0.5, 0.6) is 5.75 Å². The fourth-order valence-electron chi connectivity index (χ4n) is 3.58. The second kappa shape index (κ2) is 7.23. The first-order chi connectivity index (χ1) is 12.7. The molecular weight excluding hydrogens is 396 g/mol. The molecular formula is C19H21BrN4O2. The molecule has 0 N–H and O–H groups in total. The topological polar surface area (TPSA) is 58.6 Å². The van der Waals surface area contributed by atoms with Gasteiger partial charge < -0.3 is 14.5 Å². The van der Waals surface area contributed by atoms with Gasteiger partial charge >= 0.3 is 0 Å². The Kier molecular flexibility index (Phi) is 4.80. The Hall–Kier alpha value is -2.15. The van der Waals surface area contributed by atoms with Crippen molar-refractivity contribution in [2.75, 3.05) is 38.2 Å². The number of aryl methyl sites for hydroxylation is 2. The molecule has 2 aromatic rings. The minimum atomic E-state index is 0.0236. The number of hydrogen-bond donors (Lipinski definition) is 0. The molecule has 2 aliphatic rings. The summed E-state index contributed by atoms with van der Waals surface area (Å²) in [5, 5.41) is 8.76. The van der Waals surface area contributed by atoms with E-state index in [9.17, 15) is 4.79 Å². The molecule has 0 unspecified atom stereocenters. The fourth-order valence-corrected chi connectivity index (χ4v) is 3.99. The maximum Gasteiger partial charge on any atom is 0.255 e. The highest BCUT2D eigenvalue weighted by molar-refractivity contribution is 9.10. The molecule has 1 aromatic heterocycles. The summed E-state index contributed by atoms with van der Waals surface area (Å²) >= 11 is 3.47. The van der Waals surface area contributed by atoms with Crippen LogP contribution in [-0.2, 0) is 12.8 Å². The van der Waals surface area contributed by atoms with E-state index in [0.29, 0.717) is 24.4 Å². The van der Waals surface area contributed by atoms with Crippen molar-refractivity contribution in [2.45, 2.75) is 19.3 Å². The van der Waals surface area contributed by atoms with E-state index in [2.05, 4.69) is 37.1 Å². The van der Waals surface area contributed by atoms with Crippen LogP contribution in [0.3, 0.4) is 0 Å². The van der Waals surface area contributed by atoms with Gasteiger partial charge in [-0.05, 0) is 65.0 Å². The average Bonchev–Trinajstić information content (AvgIpc) is 3.16. The van der Waals surface area contributed by atoms with Crippen molar-refractivity contribution in [3.8, 4) is 5.75 Å². The highest BCUT2D eigenvalue weighted by atomic mass is 79.9. The zero-order valence-corrected chi connectivity index (χ0v) is 16.3. The number of amides is 1. The molecule has 1 aromatic carbocycles. The molecule has 1 fully saturated rings. The molecule has 2 heterocycles. The highest BCUT2D eigenvalue weighted by Crippen LogP contribution is 2.26. The Balaban J connectivity index is 1.44. The van der Waals surface area contributed by atoms with Gasteiger partial charge in [0, 0.05) is 30.7 Å². The molecule has 136 valence electrons. The molecule has 0 spiro atoms. The van der Waals surface area contributed by atoms with Crippen LogP contribution in [0.4, 0.5) is 5.82 Å². The van der Waals surface area contributed by atoms with Crippen molar-refractivity contribution in [3.05, 3.63) is 45.6 Å². The largest absolute Gasteiger partial charge is 0.497 e. The van der Waals surface area contributed by atoms with Gasteiger partial charge in [-0.2, -0.15) is 5.10 Å². The molecule has 1 saturated heterocycles. The standard InChI is InChI=1S/C19H21BrN4O2/c1-26-14-5-6-16(20)15(12-14)19(25)24-9-7-23(8-10-24)18-11-13-3-2-4-17(13)21-22-18/h5-6,11-12H,2-4,7-10H2,1H3. The first-order valence-corrected chi connectivity index (χ1v) is 9.68. The Bertz CT molecular complexity index is 834. The second-order valence-electron chi connectivity index (χ2n) is 6.65. The SMILES string of the molecule is COc1ccc(Br)c(C(=O)N2CCN(c3cc4c(nn3)CCC4)CC2)c1. The summed E-state index contributed by atoms with van der Waals surface area (Å²) in [6.07, 6.45) is 3.31. The van der Waals surface area contributed by atoms with Crippen LogP contribution in [0.15, 0.2) is 28.7 Å². The number of carbonyl (C=O) groups excluding carboxylic acids is 1. The molecule has 0 bridgehead atoms. The molecule has 7 heteroatoms. The van der Waals surface area contributed by atoms with Gasteiger partial charge in [-0.3, -0.25) is 4.79 Å². The van der Waals surface area contributed by atoms with E-state index >= 15 is 0 Å². The van der Waals surface area contributed by atoms with Crippen molar-refractivity contribution in [3.63, 3.8) is 0 Å². The van der Waals surface area contributed by atoms with Gasteiger partial charge in [-0.25, -0.2) is 0 Å². The molecule has 0 saturated carbocycles. The van der Waals surface area contributed by atoms with E-state index in [1.807, 2.05) is 17.0 Å². The smallest absolute Gasteiger partial charge is 0.255 e. The van der Waals surface area contributed by atoms with E-state index in [-0.39, 0.29) is 5.91 Å². The van der Waals surface area contributed by atoms with Crippen molar-refractivity contribution in [1.82, 2.24) is 15.1 Å². The predicted octanol–water partition coefficient (Wildman–Crippen LogP) is 2.70. The van der Waals surface area contributed by atoms with Gasteiger partial charge in [0.1, 0.15) is 5.75 Å².